The Kier molecular flexibility index (Phi) is 3.11. The number of benzene rings is 1. The van der Waals surface area contributed by atoms with Gasteiger partial charge in [0.25, 0.3) is 0 Å². The van der Waals surface area contributed by atoms with E-state index in [1.807, 2.05) is 26.0 Å². The van der Waals surface area contributed by atoms with Crippen LogP contribution in [0.2, 0.25) is 0 Å². The summed E-state index contributed by atoms with van der Waals surface area (Å²) in [5, 5.41) is 20.3. The predicted octanol–water partition coefficient (Wildman–Crippen LogP) is 2.29. The molecular weight excluding hydrogens is 226 g/mol. The second kappa shape index (κ2) is 4.72. The first-order chi connectivity index (χ1) is 8.61. The molecule has 0 atom stereocenters. The lowest BCUT2D eigenvalue weighted by Crippen LogP contribution is -2.03. The van der Waals surface area contributed by atoms with Gasteiger partial charge in [0.05, 0.1) is 5.69 Å². The Morgan fingerprint density at radius 3 is 2.72 bits per heavy atom. The van der Waals surface area contributed by atoms with Crippen LogP contribution in [0.3, 0.4) is 0 Å². The second-order valence-electron chi connectivity index (χ2n) is 4.00. The van der Waals surface area contributed by atoms with E-state index in [9.17, 15) is 5.26 Å². The molecule has 0 aliphatic rings. The van der Waals surface area contributed by atoms with Gasteiger partial charge in [-0.1, -0.05) is 6.07 Å². The standard InChI is InChI=1S/C13H13N5/c1-8-9(2)17-18-13(12(8)7-14)16-11-5-3-4-10(15)6-11/h3-6H,15H2,1-2H3,(H,16,18). The van der Waals surface area contributed by atoms with Crippen LogP contribution in [0.15, 0.2) is 24.3 Å². The molecule has 0 fully saturated rings. The molecule has 0 unspecified atom stereocenters. The smallest absolute Gasteiger partial charge is 0.171 e. The highest BCUT2D eigenvalue weighted by molar-refractivity contribution is 5.66. The molecule has 0 bridgehead atoms. The van der Waals surface area contributed by atoms with E-state index >= 15 is 0 Å². The molecule has 0 aliphatic carbocycles. The predicted molar refractivity (Wildman–Crippen MR) is 70.4 cm³/mol. The molecule has 0 aliphatic heterocycles. The van der Waals surface area contributed by atoms with Gasteiger partial charge in [0, 0.05) is 11.4 Å². The summed E-state index contributed by atoms with van der Waals surface area (Å²) >= 11 is 0. The van der Waals surface area contributed by atoms with Crippen LogP contribution >= 0.6 is 0 Å². The van der Waals surface area contributed by atoms with Gasteiger partial charge in [0.1, 0.15) is 11.6 Å². The number of hydrogen-bond acceptors (Lipinski definition) is 5. The maximum absolute atomic E-state index is 9.17. The van der Waals surface area contributed by atoms with Crippen LogP contribution in [0.1, 0.15) is 16.8 Å². The molecule has 5 nitrogen and oxygen atoms in total. The van der Waals surface area contributed by atoms with Gasteiger partial charge < -0.3 is 11.1 Å². The number of nitrogens with two attached hydrogens (primary N) is 1. The zero-order valence-electron chi connectivity index (χ0n) is 10.2. The molecule has 0 amide bonds. The molecule has 0 spiro atoms. The van der Waals surface area contributed by atoms with Crippen LogP contribution in [0.5, 0.6) is 0 Å². The number of rotatable bonds is 2. The maximum atomic E-state index is 9.17. The lowest BCUT2D eigenvalue weighted by molar-refractivity contribution is 0.960. The van der Waals surface area contributed by atoms with Gasteiger partial charge in [-0.25, -0.2) is 0 Å². The van der Waals surface area contributed by atoms with Crippen molar-refractivity contribution in [3.63, 3.8) is 0 Å². The van der Waals surface area contributed by atoms with Crippen molar-refractivity contribution in [1.29, 1.82) is 5.26 Å². The zero-order valence-corrected chi connectivity index (χ0v) is 10.2. The lowest BCUT2D eigenvalue weighted by atomic mass is 10.1. The molecule has 5 heteroatoms. The third-order valence-corrected chi connectivity index (χ3v) is 2.72. The summed E-state index contributed by atoms with van der Waals surface area (Å²) in [5.74, 6) is 0.450. The van der Waals surface area contributed by atoms with E-state index in [-0.39, 0.29) is 0 Å². The van der Waals surface area contributed by atoms with Gasteiger partial charge in [-0.3, -0.25) is 0 Å². The van der Waals surface area contributed by atoms with Crippen LogP contribution in [-0.4, -0.2) is 10.2 Å². The Labute approximate surface area is 105 Å². The van der Waals surface area contributed by atoms with Crippen molar-refractivity contribution in [2.45, 2.75) is 13.8 Å². The molecule has 3 N–H and O–H groups in total. The molecule has 0 radical (unpaired) electrons. The summed E-state index contributed by atoms with van der Waals surface area (Å²) < 4.78 is 0. The molecule has 2 rings (SSSR count). The van der Waals surface area contributed by atoms with Crippen LogP contribution in [0.25, 0.3) is 0 Å². The fourth-order valence-electron chi connectivity index (χ4n) is 1.59. The number of nitriles is 1. The summed E-state index contributed by atoms with van der Waals surface area (Å²) in [6, 6.07) is 9.40. The number of anilines is 3. The average Bonchev–Trinajstić information content (AvgIpc) is 2.34. The van der Waals surface area contributed by atoms with Crippen molar-refractivity contribution in [2.75, 3.05) is 11.1 Å². The number of aromatic nitrogens is 2. The number of hydrogen-bond donors (Lipinski definition) is 2. The van der Waals surface area contributed by atoms with Crippen molar-refractivity contribution < 1.29 is 0 Å². The monoisotopic (exact) mass is 239 g/mol. The molecule has 1 aromatic carbocycles. The summed E-state index contributed by atoms with van der Waals surface area (Å²) in [6.45, 7) is 3.68. The number of nitrogen functional groups attached to an aromatic ring is 1. The van der Waals surface area contributed by atoms with E-state index in [1.54, 1.807) is 12.1 Å². The SMILES string of the molecule is Cc1nnc(Nc2cccc(N)c2)c(C#N)c1C. The number of nitrogens with zero attached hydrogens (tertiary/aromatic N) is 3. The van der Waals surface area contributed by atoms with Gasteiger partial charge in [-0.2, -0.15) is 10.4 Å². The second-order valence-corrected chi connectivity index (χ2v) is 4.00. The Morgan fingerprint density at radius 1 is 1.28 bits per heavy atom. The van der Waals surface area contributed by atoms with Crippen molar-refractivity contribution in [3.8, 4) is 6.07 Å². The van der Waals surface area contributed by atoms with E-state index < -0.39 is 0 Å². The van der Waals surface area contributed by atoms with Crippen molar-refractivity contribution in [2.24, 2.45) is 0 Å². The molecule has 1 aromatic heterocycles. The topological polar surface area (TPSA) is 87.6 Å². The third kappa shape index (κ3) is 2.23. The highest BCUT2D eigenvalue weighted by Gasteiger charge is 2.10. The van der Waals surface area contributed by atoms with Crippen molar-refractivity contribution >= 4 is 17.2 Å². The Balaban J connectivity index is 2.42. The normalized spacial score (nSPS) is 9.83. The highest BCUT2D eigenvalue weighted by Crippen LogP contribution is 2.22. The number of nitrogens with one attached hydrogen (secondary N) is 1. The van der Waals surface area contributed by atoms with Crippen LogP contribution in [-0.2, 0) is 0 Å². The Bertz CT molecular complexity index is 628. The fourth-order valence-corrected chi connectivity index (χ4v) is 1.59. The van der Waals surface area contributed by atoms with Crippen molar-refractivity contribution in [3.05, 3.63) is 41.1 Å². The molecule has 90 valence electrons. The first kappa shape index (κ1) is 11.9. The van der Waals surface area contributed by atoms with Crippen LogP contribution in [0, 0.1) is 25.2 Å². The first-order valence-corrected chi connectivity index (χ1v) is 5.48. The lowest BCUT2D eigenvalue weighted by Gasteiger charge is -2.09. The number of aryl methyl sites for hydroxylation is 1. The minimum absolute atomic E-state index is 0.450. The Hall–Kier alpha value is -2.61. The largest absolute Gasteiger partial charge is 0.399 e. The van der Waals surface area contributed by atoms with Crippen molar-refractivity contribution in [1.82, 2.24) is 10.2 Å². The first-order valence-electron chi connectivity index (χ1n) is 5.48. The van der Waals surface area contributed by atoms with Crippen LogP contribution < -0.4 is 11.1 Å². The van der Waals surface area contributed by atoms with Crippen LogP contribution in [0.4, 0.5) is 17.2 Å². The minimum Gasteiger partial charge on any atom is -0.399 e. The minimum atomic E-state index is 0.450. The molecule has 18 heavy (non-hydrogen) atoms. The zero-order chi connectivity index (χ0) is 13.1. The van der Waals surface area contributed by atoms with E-state index in [1.165, 1.54) is 0 Å². The summed E-state index contributed by atoms with van der Waals surface area (Å²) in [6.07, 6.45) is 0. The highest BCUT2D eigenvalue weighted by atomic mass is 15.2. The maximum Gasteiger partial charge on any atom is 0.171 e. The third-order valence-electron chi connectivity index (χ3n) is 2.72. The van der Waals surface area contributed by atoms with E-state index in [4.69, 9.17) is 5.73 Å². The average molecular weight is 239 g/mol. The fraction of sp³-hybridized carbons (Fsp3) is 0.154. The van der Waals surface area contributed by atoms with Gasteiger partial charge in [0.15, 0.2) is 5.82 Å². The van der Waals surface area contributed by atoms with Gasteiger partial charge >= 0.3 is 0 Å². The van der Waals surface area contributed by atoms with Gasteiger partial charge in [-0.15, -0.1) is 5.10 Å². The van der Waals surface area contributed by atoms with E-state index in [2.05, 4.69) is 21.6 Å². The molecule has 0 saturated heterocycles. The Morgan fingerprint density at radius 2 is 2.06 bits per heavy atom. The molecular formula is C13H13N5. The molecule has 0 saturated carbocycles. The van der Waals surface area contributed by atoms with Gasteiger partial charge in [-0.05, 0) is 37.6 Å². The summed E-state index contributed by atoms with van der Waals surface area (Å²) in [5.41, 5.74) is 9.22. The molecule has 1 heterocycles. The summed E-state index contributed by atoms with van der Waals surface area (Å²) in [7, 11) is 0. The van der Waals surface area contributed by atoms with E-state index in [0.29, 0.717) is 17.1 Å². The summed E-state index contributed by atoms with van der Waals surface area (Å²) in [4.78, 5) is 0. The molecule has 2 aromatic rings. The van der Waals surface area contributed by atoms with E-state index in [0.717, 1.165) is 16.9 Å². The quantitative estimate of drug-likeness (QED) is 0.785. The van der Waals surface area contributed by atoms with Gasteiger partial charge in [0.2, 0.25) is 0 Å².